The van der Waals surface area contributed by atoms with Crippen molar-refractivity contribution in [1.29, 1.82) is 0 Å². The summed E-state index contributed by atoms with van der Waals surface area (Å²) >= 11 is 0. The first-order valence-corrected chi connectivity index (χ1v) is 6.29. The maximum absolute atomic E-state index is 12.0. The van der Waals surface area contributed by atoms with Crippen LogP contribution in [0.25, 0.3) is 0 Å². The molecule has 0 radical (unpaired) electrons. The predicted octanol–water partition coefficient (Wildman–Crippen LogP) is 0.819. The SMILES string of the molecule is COC(=O)C(N)(COC1CCOC1)c1ccccc1. The van der Waals surface area contributed by atoms with Crippen LogP contribution in [0.1, 0.15) is 12.0 Å². The topological polar surface area (TPSA) is 70.8 Å². The summed E-state index contributed by atoms with van der Waals surface area (Å²) in [7, 11) is 1.32. The molecule has 2 unspecified atom stereocenters. The molecule has 0 saturated carbocycles. The molecular weight excluding hydrogens is 246 g/mol. The molecule has 1 aliphatic heterocycles. The van der Waals surface area contributed by atoms with Gasteiger partial charge in [-0.1, -0.05) is 30.3 Å². The summed E-state index contributed by atoms with van der Waals surface area (Å²) in [5, 5.41) is 0. The van der Waals surface area contributed by atoms with Crippen LogP contribution in [0.2, 0.25) is 0 Å². The third-order valence-electron chi connectivity index (χ3n) is 3.27. The van der Waals surface area contributed by atoms with Gasteiger partial charge in [0.1, 0.15) is 0 Å². The van der Waals surface area contributed by atoms with Crippen molar-refractivity contribution in [3.05, 3.63) is 35.9 Å². The number of hydrogen-bond acceptors (Lipinski definition) is 5. The molecule has 0 aliphatic carbocycles. The molecule has 5 nitrogen and oxygen atoms in total. The van der Waals surface area contributed by atoms with E-state index in [0.717, 1.165) is 6.42 Å². The van der Waals surface area contributed by atoms with Crippen molar-refractivity contribution in [2.75, 3.05) is 26.9 Å². The van der Waals surface area contributed by atoms with E-state index < -0.39 is 11.5 Å². The lowest BCUT2D eigenvalue weighted by Gasteiger charge is -2.28. The first kappa shape index (κ1) is 14.0. The second kappa shape index (κ2) is 6.14. The molecule has 1 aliphatic rings. The van der Waals surface area contributed by atoms with Crippen molar-refractivity contribution < 1.29 is 19.0 Å². The van der Waals surface area contributed by atoms with Gasteiger partial charge in [0, 0.05) is 6.61 Å². The Morgan fingerprint density at radius 1 is 1.47 bits per heavy atom. The van der Waals surface area contributed by atoms with Gasteiger partial charge in [-0.2, -0.15) is 0 Å². The molecule has 1 aromatic rings. The van der Waals surface area contributed by atoms with Gasteiger partial charge in [0.15, 0.2) is 5.54 Å². The van der Waals surface area contributed by atoms with E-state index in [9.17, 15) is 4.79 Å². The highest BCUT2D eigenvalue weighted by atomic mass is 16.6. The fourth-order valence-corrected chi connectivity index (χ4v) is 2.07. The number of benzene rings is 1. The second-order valence-corrected chi connectivity index (χ2v) is 4.63. The Balaban J connectivity index is 2.12. The lowest BCUT2D eigenvalue weighted by Crippen LogP contribution is -2.50. The summed E-state index contributed by atoms with van der Waals surface area (Å²) < 4.78 is 15.7. The highest BCUT2D eigenvalue weighted by Crippen LogP contribution is 2.22. The van der Waals surface area contributed by atoms with Gasteiger partial charge in [0.25, 0.3) is 0 Å². The van der Waals surface area contributed by atoms with Crippen molar-refractivity contribution in [3.63, 3.8) is 0 Å². The van der Waals surface area contributed by atoms with Crippen molar-refractivity contribution >= 4 is 5.97 Å². The molecular formula is C14H19NO4. The van der Waals surface area contributed by atoms with E-state index >= 15 is 0 Å². The van der Waals surface area contributed by atoms with Gasteiger partial charge < -0.3 is 19.9 Å². The highest BCUT2D eigenvalue weighted by molar-refractivity contribution is 5.82. The molecule has 19 heavy (non-hydrogen) atoms. The maximum atomic E-state index is 12.0. The van der Waals surface area contributed by atoms with Gasteiger partial charge in [0.05, 0.1) is 26.4 Å². The van der Waals surface area contributed by atoms with Gasteiger partial charge in [0.2, 0.25) is 0 Å². The average molecular weight is 265 g/mol. The van der Waals surface area contributed by atoms with E-state index in [2.05, 4.69) is 0 Å². The fourth-order valence-electron chi connectivity index (χ4n) is 2.07. The van der Waals surface area contributed by atoms with Crippen LogP contribution in [0.4, 0.5) is 0 Å². The zero-order valence-electron chi connectivity index (χ0n) is 11.0. The maximum Gasteiger partial charge on any atom is 0.332 e. The number of carbonyl (C=O) groups excluding carboxylic acids is 1. The monoisotopic (exact) mass is 265 g/mol. The smallest absolute Gasteiger partial charge is 0.332 e. The molecule has 0 bridgehead atoms. The number of hydrogen-bond donors (Lipinski definition) is 1. The molecule has 1 saturated heterocycles. The van der Waals surface area contributed by atoms with Gasteiger partial charge in [-0.3, -0.25) is 0 Å². The van der Waals surface area contributed by atoms with E-state index in [1.165, 1.54) is 7.11 Å². The molecule has 5 heteroatoms. The number of nitrogens with two attached hydrogens (primary N) is 1. The molecule has 1 aromatic carbocycles. The largest absolute Gasteiger partial charge is 0.467 e. The van der Waals surface area contributed by atoms with E-state index in [1.807, 2.05) is 18.2 Å². The number of esters is 1. The minimum Gasteiger partial charge on any atom is -0.467 e. The molecule has 0 amide bonds. The molecule has 2 N–H and O–H groups in total. The summed E-state index contributed by atoms with van der Waals surface area (Å²) in [5.41, 5.74) is 5.61. The Hall–Kier alpha value is -1.43. The summed E-state index contributed by atoms with van der Waals surface area (Å²) in [6, 6.07) is 9.13. The minimum absolute atomic E-state index is 0.00343. The Bertz CT molecular complexity index is 417. The summed E-state index contributed by atoms with van der Waals surface area (Å²) in [4.78, 5) is 12.0. The quantitative estimate of drug-likeness (QED) is 0.798. The molecule has 2 rings (SSSR count). The van der Waals surface area contributed by atoms with Gasteiger partial charge in [-0.25, -0.2) is 4.79 Å². The fraction of sp³-hybridized carbons (Fsp3) is 0.500. The lowest BCUT2D eigenvalue weighted by molar-refractivity contribution is -0.151. The van der Waals surface area contributed by atoms with Crippen molar-refractivity contribution in [1.82, 2.24) is 0 Å². The van der Waals surface area contributed by atoms with E-state index in [1.54, 1.807) is 12.1 Å². The van der Waals surface area contributed by atoms with Crippen LogP contribution < -0.4 is 5.73 Å². The van der Waals surface area contributed by atoms with Crippen molar-refractivity contribution in [2.24, 2.45) is 5.73 Å². The van der Waals surface area contributed by atoms with Crippen LogP contribution >= 0.6 is 0 Å². The van der Waals surface area contributed by atoms with E-state index in [-0.39, 0.29) is 12.7 Å². The summed E-state index contributed by atoms with van der Waals surface area (Å²) in [6.45, 7) is 1.32. The van der Waals surface area contributed by atoms with Crippen molar-refractivity contribution in [3.8, 4) is 0 Å². The predicted molar refractivity (Wildman–Crippen MR) is 69.5 cm³/mol. The third kappa shape index (κ3) is 3.12. The zero-order chi connectivity index (χ0) is 13.7. The standard InChI is InChI=1S/C14H19NO4/c1-17-13(16)14(15,11-5-3-2-4-6-11)10-19-12-7-8-18-9-12/h2-6,12H,7-10,15H2,1H3. The third-order valence-corrected chi connectivity index (χ3v) is 3.27. The van der Waals surface area contributed by atoms with Crippen LogP contribution in [-0.2, 0) is 24.5 Å². The van der Waals surface area contributed by atoms with Crippen LogP contribution in [0.15, 0.2) is 30.3 Å². The Morgan fingerprint density at radius 2 is 2.21 bits per heavy atom. The zero-order valence-corrected chi connectivity index (χ0v) is 11.0. The van der Waals surface area contributed by atoms with Gasteiger partial charge in [-0.05, 0) is 12.0 Å². The first-order valence-electron chi connectivity index (χ1n) is 6.29. The van der Waals surface area contributed by atoms with Gasteiger partial charge in [-0.15, -0.1) is 0 Å². The molecule has 0 spiro atoms. The van der Waals surface area contributed by atoms with E-state index in [0.29, 0.717) is 18.8 Å². The molecule has 1 heterocycles. The van der Waals surface area contributed by atoms with Crippen LogP contribution in [0, 0.1) is 0 Å². The normalized spacial score (nSPS) is 21.9. The average Bonchev–Trinajstić information content (AvgIpc) is 2.98. The van der Waals surface area contributed by atoms with Gasteiger partial charge >= 0.3 is 5.97 Å². The van der Waals surface area contributed by atoms with Crippen LogP contribution in [0.3, 0.4) is 0 Å². The lowest BCUT2D eigenvalue weighted by atomic mass is 9.92. The number of ether oxygens (including phenoxy) is 3. The Labute approximate surface area is 112 Å². The number of methoxy groups -OCH3 is 1. The summed E-state index contributed by atoms with van der Waals surface area (Å²) in [6.07, 6.45) is 0.822. The highest BCUT2D eigenvalue weighted by Gasteiger charge is 2.38. The number of rotatable bonds is 5. The summed E-state index contributed by atoms with van der Waals surface area (Å²) in [5.74, 6) is -0.502. The minimum atomic E-state index is -1.28. The molecule has 2 atom stereocenters. The Kier molecular flexibility index (Phi) is 4.52. The van der Waals surface area contributed by atoms with Crippen molar-refractivity contribution in [2.45, 2.75) is 18.1 Å². The molecule has 0 aromatic heterocycles. The van der Waals surface area contributed by atoms with E-state index in [4.69, 9.17) is 19.9 Å². The molecule has 104 valence electrons. The first-order chi connectivity index (χ1) is 9.16. The van der Waals surface area contributed by atoms with Crippen LogP contribution in [0.5, 0.6) is 0 Å². The molecule has 1 fully saturated rings. The van der Waals surface area contributed by atoms with Crippen LogP contribution in [-0.4, -0.2) is 39.0 Å². The second-order valence-electron chi connectivity index (χ2n) is 4.63. The Morgan fingerprint density at radius 3 is 2.79 bits per heavy atom. The number of carbonyl (C=O) groups is 1.